The van der Waals surface area contributed by atoms with E-state index in [1.54, 1.807) is 13.2 Å². The lowest BCUT2D eigenvalue weighted by atomic mass is 10.00. The van der Waals surface area contributed by atoms with Crippen LogP contribution in [-0.2, 0) is 14.8 Å². The van der Waals surface area contributed by atoms with Crippen LogP contribution >= 0.6 is 0 Å². The quantitative estimate of drug-likeness (QED) is 0.790. The maximum absolute atomic E-state index is 13.4. The fraction of sp³-hybridized carbons (Fsp3) is 0.391. The van der Waals surface area contributed by atoms with Crippen molar-refractivity contribution in [3.8, 4) is 5.75 Å². The average Bonchev–Trinajstić information content (AvgIpc) is 3.03. The number of hydrogen-bond donors (Lipinski definition) is 1. The molecule has 2 aromatic carbocycles. The van der Waals surface area contributed by atoms with Gasteiger partial charge in [-0.2, -0.15) is 4.31 Å². The van der Waals surface area contributed by atoms with E-state index >= 15 is 0 Å². The summed E-state index contributed by atoms with van der Waals surface area (Å²) in [6.07, 6.45) is 0.852. The summed E-state index contributed by atoms with van der Waals surface area (Å²) in [5.41, 5.74) is 2.84. The van der Waals surface area contributed by atoms with Crippen molar-refractivity contribution in [2.45, 2.75) is 44.2 Å². The number of piperidine rings is 1. The normalized spacial score (nSPS) is 18.7. The van der Waals surface area contributed by atoms with Gasteiger partial charge in [-0.05, 0) is 44.0 Å². The maximum Gasteiger partial charge on any atom is 0.272 e. The van der Waals surface area contributed by atoms with Gasteiger partial charge in [0, 0.05) is 31.5 Å². The van der Waals surface area contributed by atoms with Gasteiger partial charge in [-0.1, -0.05) is 29.8 Å². The molecule has 0 atom stereocenters. The highest BCUT2D eigenvalue weighted by Crippen LogP contribution is 2.33. The minimum atomic E-state index is -3.62. The number of benzene rings is 2. The first-order valence-electron chi connectivity index (χ1n) is 10.3. The molecule has 0 unspecified atom stereocenters. The van der Waals surface area contributed by atoms with Crippen molar-refractivity contribution in [2.24, 2.45) is 4.99 Å². The van der Waals surface area contributed by atoms with Gasteiger partial charge in [0.2, 0.25) is 10.0 Å². The van der Waals surface area contributed by atoms with Crippen LogP contribution in [0.5, 0.6) is 5.75 Å². The second-order valence-corrected chi connectivity index (χ2v) is 10.2. The molecule has 1 N–H and O–H groups in total. The molecule has 2 aliphatic heterocycles. The molecule has 7 nitrogen and oxygen atoms in total. The van der Waals surface area contributed by atoms with Gasteiger partial charge in [0.25, 0.3) is 5.91 Å². The Morgan fingerprint density at radius 1 is 1.06 bits per heavy atom. The van der Waals surface area contributed by atoms with Crippen LogP contribution < -0.4 is 10.1 Å². The third-order valence-electron chi connectivity index (χ3n) is 5.98. The molecule has 1 spiro atoms. The van der Waals surface area contributed by atoms with Crippen LogP contribution in [0.1, 0.15) is 35.1 Å². The standard InChI is InChI=1S/C23H27N3O4S/c1-15-12-16(2)21(17(3)13-15)31(28,29)26-10-8-23(9-11-26)24-20(22(27)25-23)18-6-5-7-19(14-18)30-4/h5-7,12-14H,8-11H2,1-4H3,(H,25,27). The Morgan fingerprint density at radius 2 is 1.71 bits per heavy atom. The fourth-order valence-electron chi connectivity index (χ4n) is 4.57. The monoisotopic (exact) mass is 441 g/mol. The molecule has 2 aliphatic rings. The van der Waals surface area contributed by atoms with E-state index in [4.69, 9.17) is 9.73 Å². The SMILES string of the molecule is COc1cccc(C2=NC3(CCN(S(=O)(=O)c4c(C)cc(C)cc4C)CC3)NC2=O)c1. The molecule has 0 radical (unpaired) electrons. The fourth-order valence-corrected chi connectivity index (χ4v) is 6.42. The minimum Gasteiger partial charge on any atom is -0.497 e. The smallest absolute Gasteiger partial charge is 0.272 e. The summed E-state index contributed by atoms with van der Waals surface area (Å²) >= 11 is 0. The Balaban J connectivity index is 1.57. The van der Waals surface area contributed by atoms with Gasteiger partial charge in [-0.25, -0.2) is 8.42 Å². The number of rotatable bonds is 4. The summed E-state index contributed by atoms with van der Waals surface area (Å²) in [6, 6.07) is 11.0. The number of aryl methyl sites for hydroxylation is 3. The van der Waals surface area contributed by atoms with E-state index in [1.165, 1.54) is 4.31 Å². The molecular formula is C23H27N3O4S. The Morgan fingerprint density at radius 3 is 2.32 bits per heavy atom. The molecule has 0 saturated carbocycles. The third-order valence-corrected chi connectivity index (χ3v) is 8.19. The Kier molecular flexibility index (Phi) is 5.39. The van der Waals surface area contributed by atoms with Crippen LogP contribution in [0, 0.1) is 20.8 Å². The van der Waals surface area contributed by atoms with Gasteiger partial charge in [-0.3, -0.25) is 9.79 Å². The molecule has 0 aliphatic carbocycles. The summed E-state index contributed by atoms with van der Waals surface area (Å²) < 4.78 is 33.5. The molecule has 4 rings (SSSR count). The van der Waals surface area contributed by atoms with Crippen molar-refractivity contribution < 1.29 is 17.9 Å². The number of methoxy groups -OCH3 is 1. The van der Waals surface area contributed by atoms with Gasteiger partial charge in [0.05, 0.1) is 12.0 Å². The molecule has 1 fully saturated rings. The topological polar surface area (TPSA) is 88.1 Å². The van der Waals surface area contributed by atoms with Crippen LogP contribution in [0.2, 0.25) is 0 Å². The number of hydrogen-bond acceptors (Lipinski definition) is 5. The predicted molar refractivity (Wildman–Crippen MR) is 119 cm³/mol. The summed E-state index contributed by atoms with van der Waals surface area (Å²) in [6.45, 7) is 6.22. The van der Waals surface area contributed by atoms with E-state index in [-0.39, 0.29) is 5.91 Å². The largest absolute Gasteiger partial charge is 0.497 e. The van der Waals surface area contributed by atoms with Gasteiger partial charge < -0.3 is 10.1 Å². The molecule has 1 saturated heterocycles. The molecule has 164 valence electrons. The third kappa shape index (κ3) is 3.85. The van der Waals surface area contributed by atoms with Crippen molar-refractivity contribution in [3.63, 3.8) is 0 Å². The van der Waals surface area contributed by atoms with Crippen molar-refractivity contribution in [1.82, 2.24) is 9.62 Å². The summed E-state index contributed by atoms with van der Waals surface area (Å²) in [7, 11) is -2.04. The highest BCUT2D eigenvalue weighted by atomic mass is 32.2. The average molecular weight is 442 g/mol. The number of sulfonamides is 1. The van der Waals surface area contributed by atoms with E-state index in [0.29, 0.717) is 47.9 Å². The first-order valence-corrected chi connectivity index (χ1v) is 11.7. The van der Waals surface area contributed by atoms with Gasteiger partial charge >= 0.3 is 0 Å². The Labute approximate surface area is 183 Å². The lowest BCUT2D eigenvalue weighted by molar-refractivity contribution is -0.115. The molecule has 0 bridgehead atoms. The summed E-state index contributed by atoms with van der Waals surface area (Å²) in [5, 5.41) is 2.99. The van der Waals surface area contributed by atoms with Crippen molar-refractivity contribution >= 4 is 21.6 Å². The first-order chi connectivity index (χ1) is 14.6. The molecule has 2 heterocycles. The van der Waals surface area contributed by atoms with Crippen LogP contribution in [0.15, 0.2) is 46.3 Å². The van der Waals surface area contributed by atoms with E-state index in [2.05, 4.69) is 5.32 Å². The van der Waals surface area contributed by atoms with Gasteiger partial charge in [-0.15, -0.1) is 0 Å². The van der Waals surface area contributed by atoms with E-state index < -0.39 is 15.7 Å². The van der Waals surface area contributed by atoms with Crippen molar-refractivity contribution in [2.75, 3.05) is 20.2 Å². The number of ether oxygens (including phenoxy) is 1. The van der Waals surface area contributed by atoms with Crippen molar-refractivity contribution in [1.29, 1.82) is 0 Å². The number of nitrogens with zero attached hydrogens (tertiary/aromatic N) is 2. The molecule has 8 heteroatoms. The van der Waals surface area contributed by atoms with E-state index in [9.17, 15) is 13.2 Å². The van der Waals surface area contributed by atoms with Crippen molar-refractivity contribution in [3.05, 3.63) is 58.7 Å². The summed E-state index contributed by atoms with van der Waals surface area (Å²) in [4.78, 5) is 17.8. The van der Waals surface area contributed by atoms with Crippen LogP contribution in [0.3, 0.4) is 0 Å². The zero-order valence-corrected chi connectivity index (χ0v) is 19.0. The lowest BCUT2D eigenvalue weighted by Crippen LogP contribution is -2.52. The number of aliphatic imine (C=N–C) groups is 1. The molecule has 0 aromatic heterocycles. The predicted octanol–water partition coefficient (Wildman–Crippen LogP) is 2.72. The first kappa shape index (κ1) is 21.5. The van der Waals surface area contributed by atoms with E-state index in [0.717, 1.165) is 16.7 Å². The highest BCUT2D eigenvalue weighted by Gasteiger charge is 2.44. The summed E-state index contributed by atoms with van der Waals surface area (Å²) in [5.74, 6) is 0.411. The second kappa shape index (κ2) is 7.76. The lowest BCUT2D eigenvalue weighted by Gasteiger charge is -2.36. The zero-order valence-electron chi connectivity index (χ0n) is 18.2. The Bertz CT molecular complexity index is 1160. The molecule has 2 aromatic rings. The van der Waals surface area contributed by atoms with Crippen LogP contribution in [-0.4, -0.2) is 50.2 Å². The van der Waals surface area contributed by atoms with Crippen LogP contribution in [0.25, 0.3) is 0 Å². The van der Waals surface area contributed by atoms with E-state index in [1.807, 2.05) is 51.1 Å². The maximum atomic E-state index is 13.4. The van der Waals surface area contributed by atoms with Crippen LogP contribution in [0.4, 0.5) is 0 Å². The Hall–Kier alpha value is -2.71. The highest BCUT2D eigenvalue weighted by molar-refractivity contribution is 7.89. The number of amides is 1. The molecule has 31 heavy (non-hydrogen) atoms. The molecule has 1 amide bonds. The number of carbonyl (C=O) groups is 1. The zero-order chi connectivity index (χ0) is 22.4. The number of nitrogens with one attached hydrogen (secondary N) is 1. The van der Waals surface area contributed by atoms with Gasteiger partial charge in [0.15, 0.2) is 0 Å². The minimum absolute atomic E-state index is 0.241. The second-order valence-electron chi connectivity index (χ2n) is 8.31. The number of carbonyl (C=O) groups excluding carboxylic acids is 1. The molecular weight excluding hydrogens is 414 g/mol. The van der Waals surface area contributed by atoms with Gasteiger partial charge in [0.1, 0.15) is 17.1 Å².